The summed E-state index contributed by atoms with van der Waals surface area (Å²) in [6.45, 7) is 4.53. The number of para-hydroxylation sites is 1. The second-order valence-electron chi connectivity index (χ2n) is 5.65. The van der Waals surface area contributed by atoms with Crippen LogP contribution in [0.15, 0.2) is 59.5 Å². The van der Waals surface area contributed by atoms with Crippen molar-refractivity contribution in [3.05, 3.63) is 60.2 Å². The summed E-state index contributed by atoms with van der Waals surface area (Å²) in [4.78, 5) is 12.3. The monoisotopic (exact) mass is 360 g/mol. The number of hydrogen-bond donors (Lipinski definition) is 1. The van der Waals surface area contributed by atoms with Crippen LogP contribution in [-0.2, 0) is 21.2 Å². The van der Waals surface area contributed by atoms with Crippen LogP contribution >= 0.6 is 0 Å². The number of nitrogens with one attached hydrogen (secondary N) is 1. The zero-order chi connectivity index (χ0) is 18.3. The molecule has 0 bridgehead atoms. The van der Waals surface area contributed by atoms with Gasteiger partial charge in [-0.2, -0.15) is 4.31 Å². The predicted octanol–water partition coefficient (Wildman–Crippen LogP) is 3.29. The molecule has 0 radical (unpaired) electrons. The van der Waals surface area contributed by atoms with E-state index in [0.717, 1.165) is 11.3 Å². The van der Waals surface area contributed by atoms with E-state index in [1.807, 2.05) is 44.2 Å². The summed E-state index contributed by atoms with van der Waals surface area (Å²) < 4.78 is 26.3. The fraction of sp³-hybridized carbons (Fsp3) is 0.316. The lowest BCUT2D eigenvalue weighted by atomic mass is 10.1. The standard InChI is InChI=1S/C19H24N2O3S/c1-3-21(4-2)25(23,24)18-13-10-16(11-14-18)12-15-19(22)20-17-8-6-5-7-9-17/h5-11,13-14H,3-4,12,15H2,1-2H3,(H,20,22). The SMILES string of the molecule is CCN(CC)S(=O)(=O)c1ccc(CCC(=O)Nc2ccccc2)cc1. The minimum Gasteiger partial charge on any atom is -0.326 e. The number of carbonyl (C=O) groups excluding carboxylic acids is 1. The Morgan fingerprint density at radius 3 is 2.12 bits per heavy atom. The summed E-state index contributed by atoms with van der Waals surface area (Å²) in [5.41, 5.74) is 1.70. The van der Waals surface area contributed by atoms with Gasteiger partial charge in [0.1, 0.15) is 0 Å². The van der Waals surface area contributed by atoms with Crippen LogP contribution in [0.5, 0.6) is 0 Å². The van der Waals surface area contributed by atoms with Gasteiger partial charge < -0.3 is 5.32 Å². The predicted molar refractivity (Wildman–Crippen MR) is 99.9 cm³/mol. The highest BCUT2D eigenvalue weighted by molar-refractivity contribution is 7.89. The quantitative estimate of drug-likeness (QED) is 0.785. The van der Waals surface area contributed by atoms with Gasteiger partial charge in [0.2, 0.25) is 15.9 Å². The number of carbonyl (C=O) groups is 1. The van der Waals surface area contributed by atoms with Crippen LogP contribution < -0.4 is 5.32 Å². The maximum Gasteiger partial charge on any atom is 0.243 e. The first-order valence-electron chi connectivity index (χ1n) is 8.41. The molecule has 2 aromatic rings. The molecule has 134 valence electrons. The summed E-state index contributed by atoms with van der Waals surface area (Å²) in [6.07, 6.45) is 0.904. The molecule has 1 amide bonds. The highest BCUT2D eigenvalue weighted by atomic mass is 32.2. The van der Waals surface area contributed by atoms with Gasteiger partial charge in [-0.25, -0.2) is 8.42 Å². The number of rotatable bonds is 8. The van der Waals surface area contributed by atoms with E-state index in [2.05, 4.69) is 5.32 Å². The van der Waals surface area contributed by atoms with Crippen molar-refractivity contribution >= 4 is 21.6 Å². The molecule has 2 aromatic carbocycles. The van der Waals surface area contributed by atoms with Crippen molar-refractivity contribution in [1.82, 2.24) is 4.31 Å². The second-order valence-corrected chi connectivity index (χ2v) is 7.59. The van der Waals surface area contributed by atoms with Gasteiger partial charge in [-0.05, 0) is 36.2 Å². The van der Waals surface area contributed by atoms with E-state index in [0.29, 0.717) is 25.9 Å². The van der Waals surface area contributed by atoms with Gasteiger partial charge in [-0.1, -0.05) is 44.2 Å². The van der Waals surface area contributed by atoms with Crippen molar-refractivity contribution in [2.75, 3.05) is 18.4 Å². The molecule has 0 aliphatic carbocycles. The Hall–Kier alpha value is -2.18. The number of amides is 1. The van der Waals surface area contributed by atoms with Crippen LogP contribution in [0.25, 0.3) is 0 Å². The maximum atomic E-state index is 12.4. The first kappa shape index (κ1) is 19.1. The zero-order valence-electron chi connectivity index (χ0n) is 14.6. The smallest absolute Gasteiger partial charge is 0.243 e. The van der Waals surface area contributed by atoms with Crippen molar-refractivity contribution in [2.24, 2.45) is 0 Å². The Balaban J connectivity index is 1.95. The fourth-order valence-electron chi connectivity index (χ4n) is 2.54. The van der Waals surface area contributed by atoms with Crippen molar-refractivity contribution in [3.8, 4) is 0 Å². The van der Waals surface area contributed by atoms with E-state index in [1.165, 1.54) is 4.31 Å². The Kier molecular flexibility index (Phi) is 6.73. The van der Waals surface area contributed by atoms with Crippen LogP contribution in [0.1, 0.15) is 25.8 Å². The number of aryl methyl sites for hydroxylation is 1. The van der Waals surface area contributed by atoms with Gasteiger partial charge in [0, 0.05) is 25.2 Å². The molecule has 0 saturated carbocycles. The Bertz CT molecular complexity index is 783. The normalized spacial score (nSPS) is 11.5. The molecule has 2 rings (SSSR count). The highest BCUT2D eigenvalue weighted by Crippen LogP contribution is 2.17. The largest absolute Gasteiger partial charge is 0.326 e. The Labute approximate surface area is 149 Å². The molecule has 0 aliphatic rings. The van der Waals surface area contributed by atoms with Crippen LogP contribution in [0.2, 0.25) is 0 Å². The van der Waals surface area contributed by atoms with E-state index in [-0.39, 0.29) is 10.8 Å². The number of sulfonamides is 1. The third-order valence-electron chi connectivity index (χ3n) is 3.96. The molecule has 0 saturated heterocycles. The lowest BCUT2D eigenvalue weighted by Crippen LogP contribution is -2.30. The number of nitrogens with zero attached hydrogens (tertiary/aromatic N) is 1. The average molecular weight is 360 g/mol. The highest BCUT2D eigenvalue weighted by Gasteiger charge is 2.21. The topological polar surface area (TPSA) is 66.5 Å². The van der Waals surface area contributed by atoms with Crippen molar-refractivity contribution in [3.63, 3.8) is 0 Å². The molecule has 0 spiro atoms. The molecular weight excluding hydrogens is 336 g/mol. The number of anilines is 1. The molecule has 0 atom stereocenters. The lowest BCUT2D eigenvalue weighted by molar-refractivity contribution is -0.116. The van der Waals surface area contributed by atoms with Gasteiger partial charge in [-0.15, -0.1) is 0 Å². The molecule has 0 heterocycles. The van der Waals surface area contributed by atoms with Crippen molar-refractivity contribution in [1.29, 1.82) is 0 Å². The van der Waals surface area contributed by atoms with E-state index in [4.69, 9.17) is 0 Å². The minimum absolute atomic E-state index is 0.0639. The minimum atomic E-state index is -3.44. The summed E-state index contributed by atoms with van der Waals surface area (Å²) in [7, 11) is -3.44. The first-order chi connectivity index (χ1) is 12.0. The molecule has 25 heavy (non-hydrogen) atoms. The van der Waals surface area contributed by atoms with Gasteiger partial charge in [0.25, 0.3) is 0 Å². The molecular formula is C19H24N2O3S. The molecule has 6 heteroatoms. The summed E-state index contributed by atoms with van der Waals surface area (Å²) >= 11 is 0. The Morgan fingerprint density at radius 1 is 0.960 bits per heavy atom. The fourth-order valence-corrected chi connectivity index (χ4v) is 4.00. The average Bonchev–Trinajstić information content (AvgIpc) is 2.62. The zero-order valence-corrected chi connectivity index (χ0v) is 15.4. The summed E-state index contributed by atoms with van der Waals surface area (Å²) in [6, 6.07) is 16.1. The third kappa shape index (κ3) is 5.14. The van der Waals surface area contributed by atoms with Gasteiger partial charge >= 0.3 is 0 Å². The van der Waals surface area contributed by atoms with Crippen LogP contribution in [0, 0.1) is 0 Å². The molecule has 0 aromatic heterocycles. The number of hydrogen-bond acceptors (Lipinski definition) is 3. The van der Waals surface area contributed by atoms with Gasteiger partial charge in [-0.3, -0.25) is 4.79 Å². The van der Waals surface area contributed by atoms with Crippen molar-refractivity contribution in [2.45, 2.75) is 31.6 Å². The molecule has 0 aliphatic heterocycles. The van der Waals surface area contributed by atoms with Crippen LogP contribution in [0.3, 0.4) is 0 Å². The number of benzene rings is 2. The van der Waals surface area contributed by atoms with E-state index < -0.39 is 10.0 Å². The van der Waals surface area contributed by atoms with E-state index >= 15 is 0 Å². The summed E-state index contributed by atoms with van der Waals surface area (Å²) in [5, 5.41) is 2.84. The van der Waals surface area contributed by atoms with E-state index in [1.54, 1.807) is 24.3 Å². The maximum absolute atomic E-state index is 12.4. The third-order valence-corrected chi connectivity index (χ3v) is 6.03. The molecule has 1 N–H and O–H groups in total. The molecule has 5 nitrogen and oxygen atoms in total. The molecule has 0 fully saturated rings. The molecule has 0 unspecified atom stereocenters. The Morgan fingerprint density at radius 2 is 1.56 bits per heavy atom. The van der Waals surface area contributed by atoms with Crippen molar-refractivity contribution < 1.29 is 13.2 Å². The lowest BCUT2D eigenvalue weighted by Gasteiger charge is -2.18. The van der Waals surface area contributed by atoms with Gasteiger partial charge in [0.15, 0.2) is 0 Å². The first-order valence-corrected chi connectivity index (χ1v) is 9.85. The van der Waals surface area contributed by atoms with Crippen LogP contribution in [-0.4, -0.2) is 31.7 Å². The second kappa shape index (κ2) is 8.78. The van der Waals surface area contributed by atoms with E-state index in [9.17, 15) is 13.2 Å². The van der Waals surface area contributed by atoms with Gasteiger partial charge in [0.05, 0.1) is 4.90 Å². The summed E-state index contributed by atoms with van der Waals surface area (Å²) in [5.74, 6) is -0.0639. The van der Waals surface area contributed by atoms with Crippen LogP contribution in [0.4, 0.5) is 5.69 Å².